The topological polar surface area (TPSA) is 26.3 Å². The van der Waals surface area contributed by atoms with Crippen LogP contribution in [0.15, 0.2) is 0 Å². The third-order valence-corrected chi connectivity index (χ3v) is 7.79. The third-order valence-electron chi connectivity index (χ3n) is 7.79. The van der Waals surface area contributed by atoms with Gasteiger partial charge < -0.3 is 4.74 Å². The van der Waals surface area contributed by atoms with E-state index < -0.39 is 0 Å². The second-order valence-corrected chi connectivity index (χ2v) is 11.5. The summed E-state index contributed by atoms with van der Waals surface area (Å²) in [5.74, 6) is 0.677. The van der Waals surface area contributed by atoms with Crippen LogP contribution >= 0.6 is 0 Å². The average molecular weight is 495 g/mol. The fraction of sp³-hybridized carbons (Fsp3) is 0.970. The first-order chi connectivity index (χ1) is 17.2. The molecule has 0 heterocycles. The second-order valence-electron chi connectivity index (χ2n) is 11.5. The SMILES string of the molecule is CCCCCCCCCCCCCCC(C)C(=O)OCC(CCCC)CCCCCCCCCC. The minimum absolute atomic E-state index is 0.0468. The molecule has 0 rings (SSSR count). The summed E-state index contributed by atoms with van der Waals surface area (Å²) < 4.78 is 5.80. The van der Waals surface area contributed by atoms with Gasteiger partial charge in [-0.3, -0.25) is 4.79 Å². The van der Waals surface area contributed by atoms with Gasteiger partial charge in [0.05, 0.1) is 12.5 Å². The lowest BCUT2D eigenvalue weighted by Crippen LogP contribution is -2.19. The highest BCUT2D eigenvalue weighted by Gasteiger charge is 2.17. The Balaban J connectivity index is 3.77. The van der Waals surface area contributed by atoms with Crippen LogP contribution in [0.1, 0.15) is 188 Å². The fourth-order valence-corrected chi connectivity index (χ4v) is 5.12. The molecular formula is C33H66O2. The Kier molecular flexibility index (Phi) is 27.6. The smallest absolute Gasteiger partial charge is 0.308 e. The van der Waals surface area contributed by atoms with E-state index in [0.717, 1.165) is 6.42 Å². The Morgan fingerprint density at radius 1 is 0.486 bits per heavy atom. The van der Waals surface area contributed by atoms with Gasteiger partial charge in [-0.25, -0.2) is 0 Å². The standard InChI is InChI=1S/C33H66O2/c1-5-8-11-13-15-17-18-19-20-21-23-25-27-31(4)33(34)35-30-32(28-10-7-3)29-26-24-22-16-14-12-9-6-2/h31-32H,5-30H2,1-4H3. The van der Waals surface area contributed by atoms with Crippen LogP contribution in [-0.4, -0.2) is 12.6 Å². The minimum Gasteiger partial charge on any atom is -0.465 e. The molecule has 0 amide bonds. The van der Waals surface area contributed by atoms with E-state index in [1.54, 1.807) is 0 Å². The first-order valence-corrected chi connectivity index (χ1v) is 16.3. The summed E-state index contributed by atoms with van der Waals surface area (Å²) in [7, 11) is 0. The fourth-order valence-electron chi connectivity index (χ4n) is 5.12. The summed E-state index contributed by atoms with van der Waals surface area (Å²) in [4.78, 5) is 12.5. The van der Waals surface area contributed by atoms with E-state index in [4.69, 9.17) is 4.74 Å². The zero-order valence-corrected chi connectivity index (χ0v) is 24.9. The lowest BCUT2D eigenvalue weighted by molar-refractivity contribution is -0.149. The lowest BCUT2D eigenvalue weighted by Gasteiger charge is -2.18. The molecule has 0 aliphatic carbocycles. The highest BCUT2D eigenvalue weighted by molar-refractivity contribution is 5.71. The normalized spacial score (nSPS) is 13.1. The molecule has 2 heteroatoms. The van der Waals surface area contributed by atoms with Crippen LogP contribution in [0.5, 0.6) is 0 Å². The average Bonchev–Trinajstić information content (AvgIpc) is 2.87. The van der Waals surface area contributed by atoms with Gasteiger partial charge in [0.15, 0.2) is 0 Å². The molecule has 0 radical (unpaired) electrons. The summed E-state index contributed by atoms with van der Waals surface area (Å²) in [6.07, 6.45) is 33.3. The molecule has 0 aliphatic heterocycles. The predicted molar refractivity (Wildman–Crippen MR) is 156 cm³/mol. The minimum atomic E-state index is 0.0468. The number of carbonyl (C=O) groups is 1. The highest BCUT2D eigenvalue weighted by Crippen LogP contribution is 2.20. The van der Waals surface area contributed by atoms with Crippen molar-refractivity contribution in [3.05, 3.63) is 0 Å². The molecule has 210 valence electrons. The Morgan fingerprint density at radius 2 is 0.829 bits per heavy atom. The number of ether oxygens (including phenoxy) is 1. The zero-order valence-electron chi connectivity index (χ0n) is 24.9. The van der Waals surface area contributed by atoms with E-state index in [-0.39, 0.29) is 11.9 Å². The van der Waals surface area contributed by atoms with Gasteiger partial charge in [0, 0.05) is 0 Å². The van der Waals surface area contributed by atoms with Crippen molar-refractivity contribution in [1.29, 1.82) is 0 Å². The second kappa shape index (κ2) is 28.0. The van der Waals surface area contributed by atoms with Gasteiger partial charge in [-0.05, 0) is 25.2 Å². The largest absolute Gasteiger partial charge is 0.465 e. The van der Waals surface area contributed by atoms with Crippen molar-refractivity contribution in [2.24, 2.45) is 11.8 Å². The van der Waals surface area contributed by atoms with E-state index in [9.17, 15) is 4.79 Å². The zero-order chi connectivity index (χ0) is 25.8. The Bertz CT molecular complexity index is 419. The van der Waals surface area contributed by atoms with Gasteiger partial charge in [0.25, 0.3) is 0 Å². The summed E-state index contributed by atoms with van der Waals surface area (Å²) >= 11 is 0. The van der Waals surface area contributed by atoms with E-state index >= 15 is 0 Å². The molecule has 0 aromatic heterocycles. The Morgan fingerprint density at radius 3 is 1.26 bits per heavy atom. The summed E-state index contributed by atoms with van der Waals surface area (Å²) in [5.41, 5.74) is 0. The molecule has 0 saturated carbocycles. The van der Waals surface area contributed by atoms with Crippen LogP contribution in [-0.2, 0) is 9.53 Å². The summed E-state index contributed by atoms with van der Waals surface area (Å²) in [5, 5.41) is 0. The van der Waals surface area contributed by atoms with Crippen LogP contribution in [0.4, 0.5) is 0 Å². The maximum absolute atomic E-state index is 12.5. The molecule has 2 atom stereocenters. The first-order valence-electron chi connectivity index (χ1n) is 16.3. The number of unbranched alkanes of at least 4 members (excludes halogenated alkanes) is 19. The maximum Gasteiger partial charge on any atom is 0.308 e. The molecule has 0 spiro atoms. The summed E-state index contributed by atoms with van der Waals surface area (Å²) in [6.45, 7) is 9.55. The monoisotopic (exact) mass is 495 g/mol. The van der Waals surface area contributed by atoms with E-state index in [2.05, 4.69) is 27.7 Å². The maximum atomic E-state index is 12.5. The molecular weight excluding hydrogens is 428 g/mol. The van der Waals surface area contributed by atoms with Crippen molar-refractivity contribution < 1.29 is 9.53 Å². The van der Waals surface area contributed by atoms with E-state index in [1.165, 1.54) is 154 Å². The van der Waals surface area contributed by atoms with Crippen LogP contribution in [0.2, 0.25) is 0 Å². The summed E-state index contributed by atoms with van der Waals surface area (Å²) in [6, 6.07) is 0. The number of rotatable bonds is 28. The lowest BCUT2D eigenvalue weighted by atomic mass is 9.95. The van der Waals surface area contributed by atoms with Crippen LogP contribution in [0, 0.1) is 11.8 Å². The van der Waals surface area contributed by atoms with Gasteiger partial charge in [-0.15, -0.1) is 0 Å². The highest BCUT2D eigenvalue weighted by atomic mass is 16.5. The van der Waals surface area contributed by atoms with Gasteiger partial charge in [0.2, 0.25) is 0 Å². The predicted octanol–water partition coefficient (Wildman–Crippen LogP) is 11.6. The van der Waals surface area contributed by atoms with Crippen LogP contribution in [0.25, 0.3) is 0 Å². The van der Waals surface area contributed by atoms with Crippen molar-refractivity contribution >= 4 is 5.97 Å². The van der Waals surface area contributed by atoms with E-state index in [1.807, 2.05) is 0 Å². The molecule has 2 nitrogen and oxygen atoms in total. The van der Waals surface area contributed by atoms with Gasteiger partial charge >= 0.3 is 5.97 Å². The van der Waals surface area contributed by atoms with E-state index in [0.29, 0.717) is 12.5 Å². The van der Waals surface area contributed by atoms with Crippen molar-refractivity contribution in [2.75, 3.05) is 6.61 Å². The van der Waals surface area contributed by atoms with Gasteiger partial charge in [-0.1, -0.05) is 169 Å². The van der Waals surface area contributed by atoms with Crippen molar-refractivity contribution in [3.63, 3.8) is 0 Å². The number of hydrogen-bond acceptors (Lipinski definition) is 2. The Hall–Kier alpha value is -0.530. The molecule has 35 heavy (non-hydrogen) atoms. The molecule has 2 unspecified atom stereocenters. The molecule has 0 fully saturated rings. The van der Waals surface area contributed by atoms with Crippen molar-refractivity contribution in [2.45, 2.75) is 188 Å². The third kappa shape index (κ3) is 24.9. The molecule has 0 aliphatic rings. The number of esters is 1. The number of hydrogen-bond donors (Lipinski definition) is 0. The number of carbonyl (C=O) groups excluding carboxylic acids is 1. The van der Waals surface area contributed by atoms with Crippen molar-refractivity contribution in [3.8, 4) is 0 Å². The van der Waals surface area contributed by atoms with Crippen LogP contribution in [0.3, 0.4) is 0 Å². The molecule has 0 bridgehead atoms. The quantitative estimate of drug-likeness (QED) is 0.0798. The molecule has 0 aromatic carbocycles. The molecule has 0 N–H and O–H groups in total. The van der Waals surface area contributed by atoms with Gasteiger partial charge in [0.1, 0.15) is 0 Å². The molecule has 0 aromatic rings. The van der Waals surface area contributed by atoms with Gasteiger partial charge in [-0.2, -0.15) is 0 Å². The molecule has 0 saturated heterocycles. The van der Waals surface area contributed by atoms with Crippen LogP contribution < -0.4 is 0 Å². The Labute approximate surface area is 222 Å². The first kappa shape index (κ1) is 34.5. The van der Waals surface area contributed by atoms with Crippen molar-refractivity contribution in [1.82, 2.24) is 0 Å².